The molecule has 0 bridgehead atoms. The van der Waals surface area contributed by atoms with Crippen LogP contribution in [0.4, 0.5) is 5.69 Å². The van der Waals surface area contributed by atoms with Crippen LogP contribution in [0.15, 0.2) is 46.5 Å². The van der Waals surface area contributed by atoms with Crippen molar-refractivity contribution in [3.8, 4) is 10.6 Å². The van der Waals surface area contributed by atoms with Crippen LogP contribution in [0.2, 0.25) is 0 Å². The zero-order chi connectivity index (χ0) is 18.5. The van der Waals surface area contributed by atoms with Gasteiger partial charge in [-0.25, -0.2) is 4.98 Å². The largest absolute Gasteiger partial charge is 0.349 e. The molecule has 0 saturated heterocycles. The van der Waals surface area contributed by atoms with Gasteiger partial charge in [0.15, 0.2) is 0 Å². The van der Waals surface area contributed by atoms with Crippen molar-refractivity contribution in [3.63, 3.8) is 0 Å². The molecule has 7 heteroatoms. The fourth-order valence-electron chi connectivity index (χ4n) is 2.32. The lowest BCUT2D eigenvalue weighted by Crippen LogP contribution is -2.23. The van der Waals surface area contributed by atoms with E-state index in [1.807, 2.05) is 46.5 Å². The molecule has 3 aromatic rings. The van der Waals surface area contributed by atoms with E-state index >= 15 is 0 Å². The SMILES string of the molecule is CN(C)C(=O)Cc1ccc(NC(=O)Cc2csc(-c3ccsc3)n2)cc1. The highest BCUT2D eigenvalue weighted by Gasteiger charge is 2.10. The van der Waals surface area contributed by atoms with Crippen molar-refractivity contribution in [1.82, 2.24) is 9.88 Å². The average Bonchev–Trinajstić information content (AvgIpc) is 3.27. The van der Waals surface area contributed by atoms with E-state index < -0.39 is 0 Å². The van der Waals surface area contributed by atoms with Gasteiger partial charge in [-0.05, 0) is 29.1 Å². The number of likely N-dealkylation sites (N-methyl/N-ethyl adjacent to an activating group) is 1. The standard InChI is InChI=1S/C19H19N3O2S2/c1-22(2)18(24)9-13-3-5-15(6-4-13)20-17(23)10-16-12-26-19(21-16)14-7-8-25-11-14/h3-8,11-12H,9-10H2,1-2H3,(H,20,23). The van der Waals surface area contributed by atoms with Crippen molar-refractivity contribution >= 4 is 40.2 Å². The minimum Gasteiger partial charge on any atom is -0.349 e. The van der Waals surface area contributed by atoms with Crippen LogP contribution in [0.25, 0.3) is 10.6 Å². The molecule has 0 aliphatic rings. The van der Waals surface area contributed by atoms with Crippen LogP contribution in [-0.4, -0.2) is 35.8 Å². The van der Waals surface area contributed by atoms with Crippen LogP contribution < -0.4 is 5.32 Å². The van der Waals surface area contributed by atoms with Gasteiger partial charge in [0.25, 0.3) is 0 Å². The molecule has 2 amide bonds. The van der Waals surface area contributed by atoms with Gasteiger partial charge in [0.05, 0.1) is 18.5 Å². The number of nitrogens with one attached hydrogen (secondary N) is 1. The number of rotatable bonds is 6. The van der Waals surface area contributed by atoms with Crippen LogP contribution in [0, 0.1) is 0 Å². The third-order valence-corrected chi connectivity index (χ3v) is 5.38. The summed E-state index contributed by atoms with van der Waals surface area (Å²) in [7, 11) is 3.47. The zero-order valence-corrected chi connectivity index (χ0v) is 16.2. The Balaban J connectivity index is 1.56. The first kappa shape index (κ1) is 18.3. The van der Waals surface area contributed by atoms with Gasteiger partial charge in [-0.1, -0.05) is 12.1 Å². The van der Waals surface area contributed by atoms with Crippen molar-refractivity contribution in [2.24, 2.45) is 0 Å². The first-order valence-electron chi connectivity index (χ1n) is 8.07. The van der Waals surface area contributed by atoms with Gasteiger partial charge in [-0.15, -0.1) is 11.3 Å². The molecule has 0 aliphatic heterocycles. The highest BCUT2D eigenvalue weighted by molar-refractivity contribution is 7.14. The molecule has 0 atom stereocenters. The van der Waals surface area contributed by atoms with Crippen molar-refractivity contribution in [3.05, 3.63) is 57.7 Å². The van der Waals surface area contributed by atoms with Crippen molar-refractivity contribution in [2.75, 3.05) is 19.4 Å². The van der Waals surface area contributed by atoms with E-state index in [9.17, 15) is 9.59 Å². The maximum Gasteiger partial charge on any atom is 0.230 e. The van der Waals surface area contributed by atoms with Crippen molar-refractivity contribution < 1.29 is 9.59 Å². The van der Waals surface area contributed by atoms with Gasteiger partial charge >= 0.3 is 0 Å². The smallest absolute Gasteiger partial charge is 0.230 e. The summed E-state index contributed by atoms with van der Waals surface area (Å²) in [5.41, 5.74) is 3.49. The quantitative estimate of drug-likeness (QED) is 0.704. The number of amides is 2. The summed E-state index contributed by atoms with van der Waals surface area (Å²) in [5.74, 6) is -0.0592. The minimum atomic E-state index is -0.107. The minimum absolute atomic E-state index is 0.0479. The molecule has 0 spiro atoms. The summed E-state index contributed by atoms with van der Waals surface area (Å²) in [6.07, 6.45) is 0.590. The van der Waals surface area contributed by atoms with Crippen molar-refractivity contribution in [1.29, 1.82) is 0 Å². The summed E-state index contributed by atoms with van der Waals surface area (Å²) in [6, 6.07) is 9.36. The first-order chi connectivity index (χ1) is 12.5. The Morgan fingerprint density at radius 3 is 2.50 bits per heavy atom. The number of benzene rings is 1. The molecule has 26 heavy (non-hydrogen) atoms. The first-order valence-corrected chi connectivity index (χ1v) is 9.89. The average molecular weight is 386 g/mol. The number of nitrogens with zero attached hydrogens (tertiary/aromatic N) is 2. The van der Waals surface area contributed by atoms with E-state index in [1.54, 1.807) is 41.7 Å². The normalized spacial score (nSPS) is 10.5. The topological polar surface area (TPSA) is 62.3 Å². The maximum atomic E-state index is 12.2. The lowest BCUT2D eigenvalue weighted by molar-refractivity contribution is -0.128. The van der Waals surface area contributed by atoms with Crippen LogP contribution in [-0.2, 0) is 22.4 Å². The Morgan fingerprint density at radius 2 is 1.85 bits per heavy atom. The highest BCUT2D eigenvalue weighted by Crippen LogP contribution is 2.25. The van der Waals surface area contributed by atoms with Gasteiger partial charge in [0.2, 0.25) is 11.8 Å². The number of carbonyl (C=O) groups excluding carboxylic acids is 2. The monoisotopic (exact) mass is 385 g/mol. The second-order valence-electron chi connectivity index (χ2n) is 6.04. The molecule has 1 aromatic carbocycles. The molecule has 5 nitrogen and oxygen atoms in total. The molecule has 0 saturated carbocycles. The Bertz CT molecular complexity index is 884. The predicted octanol–water partition coefficient (Wildman–Crippen LogP) is 3.68. The van der Waals surface area contributed by atoms with Crippen LogP contribution in [0.5, 0.6) is 0 Å². The van der Waals surface area contributed by atoms with Crippen LogP contribution in [0.1, 0.15) is 11.3 Å². The molecule has 3 rings (SSSR count). The Kier molecular flexibility index (Phi) is 5.80. The van der Waals surface area contributed by atoms with Crippen LogP contribution >= 0.6 is 22.7 Å². The predicted molar refractivity (Wildman–Crippen MR) is 107 cm³/mol. The molecule has 1 N–H and O–H groups in total. The molecule has 0 aliphatic carbocycles. The number of thiazole rings is 1. The van der Waals surface area contributed by atoms with Gasteiger partial charge in [-0.3, -0.25) is 9.59 Å². The van der Waals surface area contributed by atoms with E-state index in [0.29, 0.717) is 12.1 Å². The molecular weight excluding hydrogens is 366 g/mol. The summed E-state index contributed by atoms with van der Waals surface area (Å²) in [5, 5.41) is 9.78. The fraction of sp³-hybridized carbons (Fsp3) is 0.211. The summed E-state index contributed by atoms with van der Waals surface area (Å²) in [6.45, 7) is 0. The number of aromatic nitrogens is 1. The summed E-state index contributed by atoms with van der Waals surface area (Å²) in [4.78, 5) is 30.0. The molecule has 0 fully saturated rings. The van der Waals surface area contributed by atoms with E-state index in [0.717, 1.165) is 21.8 Å². The molecule has 2 heterocycles. The zero-order valence-electron chi connectivity index (χ0n) is 14.6. The van der Waals surface area contributed by atoms with E-state index in [-0.39, 0.29) is 18.2 Å². The number of hydrogen-bond acceptors (Lipinski definition) is 5. The lowest BCUT2D eigenvalue weighted by Gasteiger charge is -2.10. The van der Waals surface area contributed by atoms with Gasteiger partial charge < -0.3 is 10.2 Å². The molecule has 0 unspecified atom stereocenters. The Morgan fingerprint density at radius 1 is 1.08 bits per heavy atom. The number of hydrogen-bond donors (Lipinski definition) is 1. The summed E-state index contributed by atoms with van der Waals surface area (Å²) < 4.78 is 0. The van der Waals surface area contributed by atoms with Gasteiger partial charge in [0, 0.05) is 36.1 Å². The third kappa shape index (κ3) is 4.77. The lowest BCUT2D eigenvalue weighted by atomic mass is 10.1. The van der Waals surface area contributed by atoms with Gasteiger partial charge in [0.1, 0.15) is 5.01 Å². The number of thiophene rings is 1. The summed E-state index contributed by atoms with van der Waals surface area (Å²) >= 11 is 3.17. The Labute approximate surface area is 160 Å². The molecule has 134 valence electrons. The molecule has 2 aromatic heterocycles. The Hall–Kier alpha value is -2.51. The van der Waals surface area contributed by atoms with Gasteiger partial charge in [-0.2, -0.15) is 11.3 Å². The third-order valence-electron chi connectivity index (χ3n) is 3.75. The van der Waals surface area contributed by atoms with Crippen LogP contribution in [0.3, 0.4) is 0 Å². The second kappa shape index (κ2) is 8.25. The van der Waals surface area contributed by atoms with E-state index in [2.05, 4.69) is 10.3 Å². The molecular formula is C19H19N3O2S2. The van der Waals surface area contributed by atoms with Crippen molar-refractivity contribution in [2.45, 2.75) is 12.8 Å². The number of carbonyl (C=O) groups is 2. The number of anilines is 1. The highest BCUT2D eigenvalue weighted by atomic mass is 32.1. The van der Waals surface area contributed by atoms with E-state index in [1.165, 1.54) is 0 Å². The maximum absolute atomic E-state index is 12.2. The second-order valence-corrected chi connectivity index (χ2v) is 7.68. The van der Waals surface area contributed by atoms with E-state index in [4.69, 9.17) is 0 Å². The fourth-order valence-corrected chi connectivity index (χ4v) is 3.85. The molecule has 0 radical (unpaired) electrons.